The van der Waals surface area contributed by atoms with Crippen molar-refractivity contribution in [3.05, 3.63) is 29.8 Å². The Balaban J connectivity index is 2.00. The predicted molar refractivity (Wildman–Crippen MR) is 99.0 cm³/mol. The average Bonchev–Trinajstić information content (AvgIpc) is 2.53. The Hall–Kier alpha value is -1.64. The fraction of sp³-hybridized carbons (Fsp3) is 0.611. The van der Waals surface area contributed by atoms with E-state index in [-0.39, 0.29) is 22.4 Å². The van der Waals surface area contributed by atoms with Crippen LogP contribution in [0.15, 0.2) is 29.2 Å². The minimum atomic E-state index is -3.21. The molecule has 1 unspecified atom stereocenters. The Morgan fingerprint density at radius 1 is 1.31 bits per heavy atom. The van der Waals surface area contributed by atoms with Crippen LogP contribution in [-0.4, -0.2) is 62.6 Å². The number of hydrogen-bond acceptors (Lipinski definition) is 5. The molecule has 7 nitrogen and oxygen atoms in total. The van der Waals surface area contributed by atoms with E-state index in [4.69, 9.17) is 4.74 Å². The van der Waals surface area contributed by atoms with Crippen LogP contribution in [0.1, 0.15) is 26.3 Å². The number of rotatable bonds is 5. The molecule has 146 valence electrons. The third kappa shape index (κ3) is 5.18. The smallest absolute Gasteiger partial charge is 0.407 e. The van der Waals surface area contributed by atoms with Crippen LogP contribution in [0.3, 0.4) is 0 Å². The highest BCUT2D eigenvalue weighted by atomic mass is 32.2. The lowest BCUT2D eigenvalue weighted by Crippen LogP contribution is -2.65. The Labute approximate surface area is 155 Å². The van der Waals surface area contributed by atoms with Crippen molar-refractivity contribution in [2.75, 3.05) is 26.0 Å². The third-order valence-electron chi connectivity index (χ3n) is 4.53. The summed E-state index contributed by atoms with van der Waals surface area (Å²) in [4.78, 5) is 13.3. The van der Waals surface area contributed by atoms with Crippen molar-refractivity contribution in [1.82, 2.24) is 10.2 Å². The minimum absolute atomic E-state index is 0.102. The zero-order valence-electron chi connectivity index (χ0n) is 15.7. The van der Waals surface area contributed by atoms with Gasteiger partial charge in [-0.1, -0.05) is 32.9 Å². The fourth-order valence-electron chi connectivity index (χ4n) is 3.41. The monoisotopic (exact) mass is 384 g/mol. The zero-order valence-corrected chi connectivity index (χ0v) is 16.5. The predicted octanol–water partition coefficient (Wildman–Crippen LogP) is 1.97. The number of benzene rings is 1. The van der Waals surface area contributed by atoms with E-state index in [1.54, 1.807) is 24.3 Å². The molecule has 1 aliphatic heterocycles. The van der Waals surface area contributed by atoms with Crippen LogP contribution in [0.2, 0.25) is 0 Å². The molecule has 0 aromatic heterocycles. The lowest BCUT2D eigenvalue weighted by molar-refractivity contribution is 0.00240. The molecule has 1 aromatic rings. The van der Waals surface area contributed by atoms with Crippen LogP contribution in [0.4, 0.5) is 4.79 Å². The molecule has 2 rings (SSSR count). The van der Waals surface area contributed by atoms with Crippen LogP contribution in [0.25, 0.3) is 0 Å². The van der Waals surface area contributed by atoms with Crippen molar-refractivity contribution in [2.24, 2.45) is 5.41 Å². The SMILES string of the molecule is CC(C)(C)C1[C@@H](COCc2ccc(S(C)(=O)=O)cc2)NCCN1C(=O)O. The van der Waals surface area contributed by atoms with E-state index < -0.39 is 15.9 Å². The van der Waals surface area contributed by atoms with Gasteiger partial charge in [0.1, 0.15) is 0 Å². The van der Waals surface area contributed by atoms with Gasteiger partial charge in [0.25, 0.3) is 0 Å². The lowest BCUT2D eigenvalue weighted by atomic mass is 9.80. The van der Waals surface area contributed by atoms with Gasteiger partial charge in [-0.15, -0.1) is 0 Å². The topological polar surface area (TPSA) is 95.9 Å². The summed E-state index contributed by atoms with van der Waals surface area (Å²) in [5, 5.41) is 12.9. The third-order valence-corrected chi connectivity index (χ3v) is 5.66. The maximum Gasteiger partial charge on any atom is 0.407 e. The number of ether oxygens (including phenoxy) is 1. The second-order valence-corrected chi connectivity index (χ2v) is 9.79. The Morgan fingerprint density at radius 2 is 1.92 bits per heavy atom. The molecule has 0 spiro atoms. The van der Waals surface area contributed by atoms with Crippen molar-refractivity contribution in [3.8, 4) is 0 Å². The number of amides is 1. The molecule has 2 atom stereocenters. The minimum Gasteiger partial charge on any atom is -0.465 e. The molecule has 0 bridgehead atoms. The summed E-state index contributed by atoms with van der Waals surface area (Å²) < 4.78 is 28.8. The van der Waals surface area contributed by atoms with E-state index in [2.05, 4.69) is 5.32 Å². The van der Waals surface area contributed by atoms with Crippen molar-refractivity contribution < 1.29 is 23.1 Å². The number of nitrogens with zero attached hydrogens (tertiary/aromatic N) is 1. The van der Waals surface area contributed by atoms with Crippen LogP contribution in [-0.2, 0) is 21.2 Å². The first kappa shape index (κ1) is 20.7. The van der Waals surface area contributed by atoms with Gasteiger partial charge in [-0.05, 0) is 23.1 Å². The van der Waals surface area contributed by atoms with Gasteiger partial charge in [0, 0.05) is 19.3 Å². The largest absolute Gasteiger partial charge is 0.465 e. The zero-order chi connectivity index (χ0) is 19.5. The molecule has 0 saturated carbocycles. The first-order chi connectivity index (χ1) is 12.0. The number of carboxylic acid groups (broad SMARTS) is 1. The number of hydrogen-bond donors (Lipinski definition) is 2. The quantitative estimate of drug-likeness (QED) is 0.806. The molecule has 0 aliphatic carbocycles. The highest BCUT2D eigenvalue weighted by Gasteiger charge is 2.41. The summed E-state index contributed by atoms with van der Waals surface area (Å²) in [5.74, 6) is 0. The normalized spacial score (nSPS) is 21.6. The summed E-state index contributed by atoms with van der Waals surface area (Å²) in [6.07, 6.45) is 0.265. The molecule has 0 radical (unpaired) electrons. The van der Waals surface area contributed by atoms with Gasteiger partial charge in [-0.2, -0.15) is 0 Å². The number of sulfone groups is 1. The van der Waals surface area contributed by atoms with Crippen molar-refractivity contribution >= 4 is 15.9 Å². The van der Waals surface area contributed by atoms with Crippen LogP contribution in [0.5, 0.6) is 0 Å². The maximum atomic E-state index is 11.6. The maximum absolute atomic E-state index is 11.6. The van der Waals surface area contributed by atoms with E-state index in [1.165, 1.54) is 11.2 Å². The summed E-state index contributed by atoms with van der Waals surface area (Å²) in [6, 6.07) is 6.30. The Morgan fingerprint density at radius 3 is 2.42 bits per heavy atom. The van der Waals surface area contributed by atoms with Crippen LogP contribution >= 0.6 is 0 Å². The number of carbonyl (C=O) groups is 1. The Bertz CT molecular complexity index is 725. The second kappa shape index (κ2) is 7.94. The molecule has 1 fully saturated rings. The summed E-state index contributed by atoms with van der Waals surface area (Å²) in [6.45, 7) is 7.84. The first-order valence-electron chi connectivity index (χ1n) is 8.60. The van der Waals surface area contributed by atoms with Crippen molar-refractivity contribution in [2.45, 2.75) is 44.4 Å². The number of piperazine rings is 1. The number of nitrogens with one attached hydrogen (secondary N) is 1. The standard InChI is InChI=1S/C18H28N2O5S/c1-18(2,3)16-15(19-9-10-20(16)17(21)22)12-25-11-13-5-7-14(8-6-13)26(4,23)24/h5-8,15-16,19H,9-12H2,1-4H3,(H,21,22)/t15-,16?/m1/s1. The molecule has 1 amide bonds. The van der Waals surface area contributed by atoms with Gasteiger partial charge < -0.3 is 20.1 Å². The molecule has 1 aromatic carbocycles. The molecule has 8 heteroatoms. The molecule has 1 heterocycles. The average molecular weight is 384 g/mol. The lowest BCUT2D eigenvalue weighted by Gasteiger charge is -2.47. The van der Waals surface area contributed by atoms with Gasteiger partial charge in [0.2, 0.25) is 0 Å². The van der Waals surface area contributed by atoms with Gasteiger partial charge in [-0.25, -0.2) is 13.2 Å². The first-order valence-corrected chi connectivity index (χ1v) is 10.5. The van der Waals surface area contributed by atoms with Crippen LogP contribution < -0.4 is 5.32 Å². The highest BCUT2D eigenvalue weighted by molar-refractivity contribution is 7.90. The summed E-state index contributed by atoms with van der Waals surface area (Å²) in [7, 11) is -3.21. The Kier molecular flexibility index (Phi) is 6.31. The van der Waals surface area contributed by atoms with E-state index in [0.717, 1.165) is 5.56 Å². The molecule has 2 N–H and O–H groups in total. The van der Waals surface area contributed by atoms with Gasteiger partial charge >= 0.3 is 6.09 Å². The second-order valence-electron chi connectivity index (χ2n) is 7.78. The molecule has 26 heavy (non-hydrogen) atoms. The van der Waals surface area contributed by atoms with E-state index in [9.17, 15) is 18.3 Å². The molecular formula is C18H28N2O5S. The molecule has 1 saturated heterocycles. The van der Waals surface area contributed by atoms with E-state index in [1.807, 2.05) is 20.8 Å². The van der Waals surface area contributed by atoms with Crippen molar-refractivity contribution in [3.63, 3.8) is 0 Å². The van der Waals surface area contributed by atoms with Crippen molar-refractivity contribution in [1.29, 1.82) is 0 Å². The van der Waals surface area contributed by atoms with Gasteiger partial charge in [0.15, 0.2) is 9.84 Å². The van der Waals surface area contributed by atoms with E-state index >= 15 is 0 Å². The fourth-order valence-corrected chi connectivity index (χ4v) is 4.04. The molecule has 1 aliphatic rings. The van der Waals surface area contributed by atoms with Gasteiger partial charge in [0.05, 0.1) is 30.2 Å². The van der Waals surface area contributed by atoms with Crippen LogP contribution in [0, 0.1) is 5.41 Å². The van der Waals surface area contributed by atoms with E-state index in [0.29, 0.717) is 26.3 Å². The highest BCUT2D eigenvalue weighted by Crippen LogP contribution is 2.29. The molecular weight excluding hydrogens is 356 g/mol. The summed E-state index contributed by atoms with van der Waals surface area (Å²) in [5.41, 5.74) is 0.646. The summed E-state index contributed by atoms with van der Waals surface area (Å²) >= 11 is 0. The van der Waals surface area contributed by atoms with Gasteiger partial charge in [-0.3, -0.25) is 0 Å².